The normalized spacial score (nSPS) is 23.2. The van der Waals surface area contributed by atoms with Crippen LogP contribution < -0.4 is 0 Å². The molecular formula is C16H27N3O. The van der Waals surface area contributed by atoms with Crippen molar-refractivity contribution in [3.63, 3.8) is 0 Å². The number of likely N-dealkylation sites (tertiary alicyclic amines) is 1. The lowest BCUT2D eigenvalue weighted by atomic mass is 9.74. The maximum Gasteiger partial charge on any atom is 0.108 e. The minimum absolute atomic E-state index is 0.555. The highest BCUT2D eigenvalue weighted by Gasteiger charge is 2.36. The van der Waals surface area contributed by atoms with Crippen LogP contribution in [0.1, 0.15) is 38.4 Å². The van der Waals surface area contributed by atoms with Gasteiger partial charge in [-0.15, -0.1) is 0 Å². The number of hydrogen-bond donors (Lipinski definition) is 0. The van der Waals surface area contributed by atoms with Gasteiger partial charge in [0.25, 0.3) is 0 Å². The van der Waals surface area contributed by atoms with E-state index in [1.54, 1.807) is 0 Å². The van der Waals surface area contributed by atoms with Crippen molar-refractivity contribution in [2.75, 3.05) is 32.8 Å². The molecule has 0 atom stereocenters. The Morgan fingerprint density at radius 2 is 2.10 bits per heavy atom. The van der Waals surface area contributed by atoms with Crippen molar-refractivity contribution in [1.82, 2.24) is 14.5 Å². The van der Waals surface area contributed by atoms with Gasteiger partial charge in [-0.3, -0.25) is 0 Å². The lowest BCUT2D eigenvalue weighted by Crippen LogP contribution is -2.46. The molecule has 4 nitrogen and oxygen atoms in total. The van der Waals surface area contributed by atoms with Gasteiger partial charge in [0, 0.05) is 51.7 Å². The van der Waals surface area contributed by atoms with Crippen LogP contribution in [0.3, 0.4) is 0 Å². The summed E-state index contributed by atoms with van der Waals surface area (Å²) in [6, 6.07) is 0. The van der Waals surface area contributed by atoms with Gasteiger partial charge in [0.15, 0.2) is 0 Å². The third-order valence-electron chi connectivity index (χ3n) is 5.07. The maximum absolute atomic E-state index is 5.55. The molecule has 2 aliphatic rings. The highest BCUT2D eigenvalue weighted by molar-refractivity contribution is 4.93. The van der Waals surface area contributed by atoms with Crippen LogP contribution in [0.25, 0.3) is 0 Å². The van der Waals surface area contributed by atoms with E-state index < -0.39 is 0 Å². The Morgan fingerprint density at radius 3 is 2.90 bits per heavy atom. The molecule has 0 radical (unpaired) electrons. The summed E-state index contributed by atoms with van der Waals surface area (Å²) in [5, 5.41) is 0. The van der Waals surface area contributed by atoms with Crippen LogP contribution >= 0.6 is 0 Å². The molecule has 4 heteroatoms. The van der Waals surface area contributed by atoms with Crippen LogP contribution in [-0.4, -0.2) is 47.3 Å². The zero-order chi connectivity index (χ0) is 13.8. The summed E-state index contributed by atoms with van der Waals surface area (Å²) in [4.78, 5) is 7.07. The minimum atomic E-state index is 0.555. The quantitative estimate of drug-likeness (QED) is 0.846. The van der Waals surface area contributed by atoms with Gasteiger partial charge in [0.2, 0.25) is 0 Å². The Bertz CT molecular complexity index is 418. The third-order valence-corrected chi connectivity index (χ3v) is 5.07. The molecule has 2 aliphatic heterocycles. The van der Waals surface area contributed by atoms with Gasteiger partial charge in [-0.25, -0.2) is 4.98 Å². The molecule has 2 fully saturated rings. The Balaban J connectivity index is 1.55. The first-order valence-electron chi connectivity index (χ1n) is 8.11. The minimum Gasteiger partial charge on any atom is -0.381 e. The second-order valence-corrected chi connectivity index (χ2v) is 6.38. The van der Waals surface area contributed by atoms with Gasteiger partial charge in [-0.2, -0.15) is 0 Å². The number of hydrogen-bond acceptors (Lipinski definition) is 3. The molecule has 3 rings (SSSR count). The molecule has 0 bridgehead atoms. The molecule has 1 spiro atoms. The molecular weight excluding hydrogens is 250 g/mol. The molecule has 0 aliphatic carbocycles. The Kier molecular flexibility index (Phi) is 4.41. The SMILES string of the molecule is CCc1nccn1CCN1CCCC2(CCOCC2)C1. The lowest BCUT2D eigenvalue weighted by Gasteiger charge is -2.45. The van der Waals surface area contributed by atoms with E-state index in [4.69, 9.17) is 4.74 Å². The first kappa shape index (κ1) is 14.1. The Morgan fingerprint density at radius 1 is 1.25 bits per heavy atom. The average molecular weight is 277 g/mol. The third kappa shape index (κ3) is 3.07. The van der Waals surface area contributed by atoms with E-state index in [9.17, 15) is 0 Å². The monoisotopic (exact) mass is 277 g/mol. The van der Waals surface area contributed by atoms with Crippen LogP contribution in [0.5, 0.6) is 0 Å². The summed E-state index contributed by atoms with van der Waals surface area (Å²) in [5.74, 6) is 1.21. The smallest absolute Gasteiger partial charge is 0.108 e. The van der Waals surface area contributed by atoms with E-state index in [-0.39, 0.29) is 0 Å². The molecule has 0 N–H and O–H groups in total. The predicted molar refractivity (Wildman–Crippen MR) is 79.8 cm³/mol. The fourth-order valence-electron chi connectivity index (χ4n) is 3.82. The van der Waals surface area contributed by atoms with Crippen molar-refractivity contribution < 1.29 is 4.74 Å². The summed E-state index contributed by atoms with van der Waals surface area (Å²) >= 11 is 0. The fraction of sp³-hybridized carbons (Fsp3) is 0.812. The van der Waals surface area contributed by atoms with Gasteiger partial charge in [-0.1, -0.05) is 6.92 Å². The van der Waals surface area contributed by atoms with Gasteiger partial charge in [0.05, 0.1) is 0 Å². The molecule has 20 heavy (non-hydrogen) atoms. The van der Waals surface area contributed by atoms with Crippen LogP contribution in [0.2, 0.25) is 0 Å². The predicted octanol–water partition coefficient (Wildman–Crippen LogP) is 2.34. The summed E-state index contributed by atoms with van der Waals surface area (Å²) in [5.41, 5.74) is 0.555. The average Bonchev–Trinajstić information content (AvgIpc) is 2.93. The van der Waals surface area contributed by atoms with Crippen molar-refractivity contribution in [3.8, 4) is 0 Å². The van der Waals surface area contributed by atoms with Crippen LogP contribution in [-0.2, 0) is 17.7 Å². The molecule has 0 unspecified atom stereocenters. The summed E-state index contributed by atoms with van der Waals surface area (Å²) in [6.07, 6.45) is 10.3. The first-order chi connectivity index (χ1) is 9.81. The van der Waals surface area contributed by atoms with Crippen molar-refractivity contribution in [3.05, 3.63) is 18.2 Å². The second-order valence-electron chi connectivity index (χ2n) is 6.38. The molecule has 1 aromatic rings. The molecule has 0 aromatic carbocycles. The van der Waals surface area contributed by atoms with Gasteiger partial charge in [-0.05, 0) is 37.6 Å². The molecule has 0 amide bonds. The van der Waals surface area contributed by atoms with E-state index in [1.165, 1.54) is 44.6 Å². The van der Waals surface area contributed by atoms with Crippen molar-refractivity contribution >= 4 is 0 Å². The van der Waals surface area contributed by atoms with Crippen LogP contribution in [0.15, 0.2) is 12.4 Å². The van der Waals surface area contributed by atoms with E-state index in [2.05, 4.69) is 27.6 Å². The molecule has 2 saturated heterocycles. The molecule has 1 aromatic heterocycles. The van der Waals surface area contributed by atoms with Crippen LogP contribution in [0, 0.1) is 5.41 Å². The number of piperidine rings is 1. The number of nitrogens with zero attached hydrogens (tertiary/aromatic N) is 3. The highest BCUT2D eigenvalue weighted by Crippen LogP contribution is 2.38. The maximum atomic E-state index is 5.55. The molecule has 0 saturated carbocycles. The highest BCUT2D eigenvalue weighted by atomic mass is 16.5. The number of ether oxygens (including phenoxy) is 1. The second kappa shape index (κ2) is 6.27. The van der Waals surface area contributed by atoms with Crippen molar-refractivity contribution in [2.45, 2.75) is 45.6 Å². The molecule has 3 heterocycles. The number of aryl methyl sites for hydroxylation is 1. The Labute approximate surface area is 122 Å². The number of rotatable bonds is 4. The van der Waals surface area contributed by atoms with Crippen LogP contribution in [0.4, 0.5) is 0 Å². The van der Waals surface area contributed by atoms with Gasteiger partial charge >= 0.3 is 0 Å². The first-order valence-corrected chi connectivity index (χ1v) is 8.11. The summed E-state index contributed by atoms with van der Waals surface area (Å²) in [6.45, 7) is 8.88. The van der Waals surface area contributed by atoms with E-state index in [1.807, 2.05) is 6.20 Å². The molecule has 112 valence electrons. The van der Waals surface area contributed by atoms with E-state index in [0.29, 0.717) is 5.41 Å². The standard InChI is InChI=1S/C16H27N3O/c1-2-15-17-7-9-19(15)11-10-18-8-3-4-16(14-18)5-12-20-13-6-16/h7,9H,2-6,8,10-14H2,1H3. The Hall–Kier alpha value is -0.870. The van der Waals surface area contributed by atoms with Crippen molar-refractivity contribution in [2.24, 2.45) is 5.41 Å². The lowest BCUT2D eigenvalue weighted by molar-refractivity contribution is -0.0278. The summed E-state index contributed by atoms with van der Waals surface area (Å²) in [7, 11) is 0. The van der Waals surface area contributed by atoms with Gasteiger partial charge in [0.1, 0.15) is 5.82 Å². The van der Waals surface area contributed by atoms with E-state index >= 15 is 0 Å². The zero-order valence-electron chi connectivity index (χ0n) is 12.7. The fourth-order valence-corrected chi connectivity index (χ4v) is 3.82. The number of aromatic nitrogens is 2. The summed E-state index contributed by atoms with van der Waals surface area (Å²) < 4.78 is 7.86. The van der Waals surface area contributed by atoms with Gasteiger partial charge < -0.3 is 14.2 Å². The van der Waals surface area contributed by atoms with E-state index in [0.717, 1.165) is 32.7 Å². The largest absolute Gasteiger partial charge is 0.381 e. The topological polar surface area (TPSA) is 30.3 Å². The van der Waals surface area contributed by atoms with Crippen molar-refractivity contribution in [1.29, 1.82) is 0 Å². The zero-order valence-corrected chi connectivity index (χ0v) is 12.7. The number of imidazole rings is 1.